The van der Waals surface area contributed by atoms with Crippen molar-refractivity contribution in [3.63, 3.8) is 0 Å². The van der Waals surface area contributed by atoms with Gasteiger partial charge < -0.3 is 19.9 Å². The molecule has 0 amide bonds. The van der Waals surface area contributed by atoms with Crippen LogP contribution in [0.15, 0.2) is 73.3 Å². The van der Waals surface area contributed by atoms with Crippen LogP contribution in [0.3, 0.4) is 0 Å². The molecule has 8 nitrogen and oxygen atoms in total. The van der Waals surface area contributed by atoms with Crippen molar-refractivity contribution in [2.24, 2.45) is 0 Å². The lowest BCUT2D eigenvalue weighted by Gasteiger charge is -2.25. The predicted molar refractivity (Wildman–Crippen MR) is 121 cm³/mol. The average molecular weight is 434 g/mol. The van der Waals surface area contributed by atoms with Crippen molar-refractivity contribution in [1.29, 1.82) is 0 Å². The summed E-state index contributed by atoms with van der Waals surface area (Å²) in [7, 11) is 0. The number of imidazole rings is 1. The maximum Gasteiger partial charge on any atom is 0.167 e. The smallest absolute Gasteiger partial charge is 0.167 e. The van der Waals surface area contributed by atoms with Gasteiger partial charge in [-0.15, -0.1) is 0 Å². The molecule has 2 aromatic heterocycles. The van der Waals surface area contributed by atoms with Crippen molar-refractivity contribution in [3.05, 3.63) is 84.4 Å². The van der Waals surface area contributed by atoms with E-state index in [-0.39, 0.29) is 18.9 Å². The van der Waals surface area contributed by atoms with Crippen LogP contribution in [0.4, 0.5) is 5.82 Å². The monoisotopic (exact) mass is 433 g/mol. The number of fused-ring (bicyclic) bond motifs is 1. The first kappa shape index (κ1) is 21.9. The molecule has 2 atom stereocenters. The minimum atomic E-state index is -0.293. The van der Waals surface area contributed by atoms with E-state index in [1.54, 1.807) is 10.9 Å². The van der Waals surface area contributed by atoms with Crippen LogP contribution in [0.25, 0.3) is 11.2 Å². The number of nitrogens with two attached hydrogens (primary N) is 1. The SMILES string of the molecule is C[C@H](OCc1ccccc1)[C@@H](COCc1ccccc1)OCn1cnc2c(N)ncnc21. The van der Waals surface area contributed by atoms with E-state index in [1.165, 1.54) is 6.33 Å². The molecule has 4 aromatic rings. The molecule has 8 heteroatoms. The van der Waals surface area contributed by atoms with Gasteiger partial charge in [0.2, 0.25) is 0 Å². The molecule has 0 aliphatic rings. The molecule has 4 rings (SSSR count). The molecular weight excluding hydrogens is 406 g/mol. The highest BCUT2D eigenvalue weighted by molar-refractivity contribution is 5.80. The Morgan fingerprint density at radius 2 is 1.56 bits per heavy atom. The minimum absolute atomic E-state index is 0.194. The molecule has 32 heavy (non-hydrogen) atoms. The molecule has 2 heterocycles. The summed E-state index contributed by atoms with van der Waals surface area (Å²) >= 11 is 0. The average Bonchev–Trinajstić information content (AvgIpc) is 3.25. The molecule has 0 bridgehead atoms. The summed E-state index contributed by atoms with van der Waals surface area (Å²) < 4.78 is 20.0. The quantitative estimate of drug-likeness (QED) is 0.386. The third-order valence-electron chi connectivity index (χ3n) is 5.13. The van der Waals surface area contributed by atoms with Crippen LogP contribution in [0.1, 0.15) is 18.1 Å². The van der Waals surface area contributed by atoms with E-state index < -0.39 is 0 Å². The maximum atomic E-state index is 6.19. The van der Waals surface area contributed by atoms with Gasteiger partial charge in [0.05, 0.1) is 32.3 Å². The highest BCUT2D eigenvalue weighted by atomic mass is 16.6. The molecule has 0 radical (unpaired) electrons. The van der Waals surface area contributed by atoms with E-state index in [0.29, 0.717) is 36.8 Å². The maximum absolute atomic E-state index is 6.19. The molecular formula is C24H27N5O3. The summed E-state index contributed by atoms with van der Waals surface area (Å²) in [6, 6.07) is 20.1. The van der Waals surface area contributed by atoms with Gasteiger partial charge in [0.1, 0.15) is 24.7 Å². The zero-order chi connectivity index (χ0) is 22.2. The Labute approximate surface area is 187 Å². The highest BCUT2D eigenvalue weighted by Crippen LogP contribution is 2.16. The van der Waals surface area contributed by atoms with Crippen molar-refractivity contribution in [2.75, 3.05) is 12.3 Å². The zero-order valence-corrected chi connectivity index (χ0v) is 18.0. The Hall–Kier alpha value is -3.33. The van der Waals surface area contributed by atoms with Gasteiger partial charge in [-0.2, -0.15) is 0 Å². The molecule has 166 valence electrons. The van der Waals surface area contributed by atoms with E-state index in [2.05, 4.69) is 15.0 Å². The number of hydrogen-bond donors (Lipinski definition) is 1. The lowest BCUT2D eigenvalue weighted by molar-refractivity contribution is -0.121. The van der Waals surface area contributed by atoms with Gasteiger partial charge >= 0.3 is 0 Å². The number of anilines is 1. The molecule has 2 N–H and O–H groups in total. The van der Waals surface area contributed by atoms with Crippen LogP contribution < -0.4 is 5.73 Å². The molecule has 0 aliphatic heterocycles. The standard InChI is InChI=1S/C24H27N5O3/c1-18(31-13-20-10-6-3-7-11-20)21(14-30-12-19-8-4-2-5-9-19)32-17-29-16-28-22-23(25)26-15-27-24(22)29/h2-11,15-16,18,21H,12-14,17H2,1H3,(H2,25,26,27)/t18-,21+/m0/s1. The highest BCUT2D eigenvalue weighted by Gasteiger charge is 2.20. The third-order valence-corrected chi connectivity index (χ3v) is 5.13. The molecule has 0 saturated heterocycles. The summed E-state index contributed by atoms with van der Waals surface area (Å²) in [5.41, 5.74) is 9.28. The summed E-state index contributed by atoms with van der Waals surface area (Å²) in [6.07, 6.45) is 2.58. The molecule has 0 aliphatic carbocycles. The first-order valence-corrected chi connectivity index (χ1v) is 10.5. The molecule has 0 spiro atoms. The van der Waals surface area contributed by atoms with Gasteiger partial charge in [0.15, 0.2) is 11.5 Å². The van der Waals surface area contributed by atoms with Gasteiger partial charge in [-0.05, 0) is 18.1 Å². The van der Waals surface area contributed by atoms with E-state index in [1.807, 2.05) is 67.6 Å². The predicted octanol–water partition coefficient (Wildman–Crippen LogP) is 3.57. The Kier molecular flexibility index (Phi) is 7.39. The Bertz CT molecular complexity index is 1100. The van der Waals surface area contributed by atoms with Crippen LogP contribution >= 0.6 is 0 Å². The van der Waals surface area contributed by atoms with Crippen molar-refractivity contribution < 1.29 is 14.2 Å². The fourth-order valence-corrected chi connectivity index (χ4v) is 3.26. The summed E-state index contributed by atoms with van der Waals surface area (Å²) in [5, 5.41) is 0. The Morgan fingerprint density at radius 1 is 0.875 bits per heavy atom. The summed E-state index contributed by atoms with van der Waals surface area (Å²) in [4.78, 5) is 12.5. The van der Waals surface area contributed by atoms with Crippen LogP contribution in [0.5, 0.6) is 0 Å². The number of rotatable bonds is 11. The lowest BCUT2D eigenvalue weighted by Crippen LogP contribution is -2.34. The normalized spacial score (nSPS) is 13.3. The fourth-order valence-electron chi connectivity index (χ4n) is 3.26. The van der Waals surface area contributed by atoms with Gasteiger partial charge in [-0.25, -0.2) is 15.0 Å². The topological polar surface area (TPSA) is 97.3 Å². The van der Waals surface area contributed by atoms with E-state index in [0.717, 1.165) is 11.1 Å². The second-order valence-corrected chi connectivity index (χ2v) is 7.48. The van der Waals surface area contributed by atoms with Crippen molar-refractivity contribution in [2.45, 2.75) is 39.1 Å². The second-order valence-electron chi connectivity index (χ2n) is 7.48. The number of aromatic nitrogens is 4. The van der Waals surface area contributed by atoms with Crippen molar-refractivity contribution >= 4 is 17.0 Å². The second kappa shape index (κ2) is 10.8. The van der Waals surface area contributed by atoms with E-state index in [4.69, 9.17) is 19.9 Å². The Morgan fingerprint density at radius 3 is 2.28 bits per heavy atom. The van der Waals surface area contributed by atoms with Gasteiger partial charge in [0.25, 0.3) is 0 Å². The van der Waals surface area contributed by atoms with Crippen molar-refractivity contribution in [3.8, 4) is 0 Å². The van der Waals surface area contributed by atoms with Crippen LogP contribution in [-0.4, -0.2) is 38.3 Å². The molecule has 0 unspecified atom stereocenters. The van der Waals surface area contributed by atoms with E-state index >= 15 is 0 Å². The summed E-state index contributed by atoms with van der Waals surface area (Å²) in [6.45, 7) is 3.62. The van der Waals surface area contributed by atoms with Gasteiger partial charge in [-0.1, -0.05) is 60.7 Å². The molecule has 0 saturated carbocycles. The first-order chi connectivity index (χ1) is 15.7. The molecule has 2 aromatic carbocycles. The van der Waals surface area contributed by atoms with Gasteiger partial charge in [0, 0.05) is 0 Å². The van der Waals surface area contributed by atoms with E-state index in [9.17, 15) is 0 Å². The molecule has 0 fully saturated rings. The number of nitrogen functional groups attached to an aromatic ring is 1. The minimum Gasteiger partial charge on any atom is -0.382 e. The van der Waals surface area contributed by atoms with Gasteiger partial charge in [-0.3, -0.25) is 4.57 Å². The first-order valence-electron chi connectivity index (χ1n) is 10.5. The Balaban J connectivity index is 1.40. The van der Waals surface area contributed by atoms with Crippen molar-refractivity contribution in [1.82, 2.24) is 19.5 Å². The third kappa shape index (κ3) is 5.67. The van der Waals surface area contributed by atoms with Crippen LogP contribution in [0, 0.1) is 0 Å². The van der Waals surface area contributed by atoms with Crippen LogP contribution in [-0.2, 0) is 34.2 Å². The zero-order valence-electron chi connectivity index (χ0n) is 18.0. The number of benzene rings is 2. The summed E-state index contributed by atoms with van der Waals surface area (Å²) in [5.74, 6) is 0.344. The number of ether oxygens (including phenoxy) is 3. The largest absolute Gasteiger partial charge is 0.382 e. The number of nitrogens with zero attached hydrogens (tertiary/aromatic N) is 4. The lowest BCUT2D eigenvalue weighted by atomic mass is 10.2. The van der Waals surface area contributed by atoms with Crippen LogP contribution in [0.2, 0.25) is 0 Å². The fraction of sp³-hybridized carbons (Fsp3) is 0.292. The number of hydrogen-bond acceptors (Lipinski definition) is 7.